The average molecular weight is 310 g/mol. The van der Waals surface area contributed by atoms with E-state index in [2.05, 4.69) is 10.2 Å². The molecule has 22 heavy (non-hydrogen) atoms. The Morgan fingerprint density at radius 1 is 1.45 bits per heavy atom. The lowest BCUT2D eigenvalue weighted by molar-refractivity contribution is 0.0816. The van der Waals surface area contributed by atoms with Gasteiger partial charge in [-0.3, -0.25) is 4.79 Å². The van der Waals surface area contributed by atoms with Crippen molar-refractivity contribution in [2.45, 2.75) is 25.4 Å². The molecule has 0 bridgehead atoms. The summed E-state index contributed by atoms with van der Waals surface area (Å²) in [6.45, 7) is 3.20. The lowest BCUT2D eigenvalue weighted by atomic mass is 10.1. The first-order chi connectivity index (χ1) is 10.6. The zero-order chi connectivity index (χ0) is 15.9. The van der Waals surface area contributed by atoms with E-state index in [4.69, 9.17) is 4.74 Å². The van der Waals surface area contributed by atoms with Crippen molar-refractivity contribution in [3.63, 3.8) is 0 Å². The number of piperidine rings is 1. The predicted octanol–water partition coefficient (Wildman–Crippen LogP) is 1.41. The number of nitrogens with zero attached hydrogens (tertiary/aromatic N) is 1. The van der Waals surface area contributed by atoms with Gasteiger partial charge >= 0.3 is 0 Å². The van der Waals surface area contributed by atoms with Gasteiger partial charge in [-0.25, -0.2) is 4.39 Å². The highest BCUT2D eigenvalue weighted by molar-refractivity contribution is 5.96. The second-order valence-electron chi connectivity index (χ2n) is 5.53. The van der Waals surface area contributed by atoms with Gasteiger partial charge in [-0.15, -0.1) is 0 Å². The Morgan fingerprint density at radius 2 is 2.18 bits per heavy atom. The Hall–Kier alpha value is -1.66. The van der Waals surface area contributed by atoms with Gasteiger partial charge in [0.2, 0.25) is 0 Å². The summed E-state index contributed by atoms with van der Waals surface area (Å²) in [6, 6.07) is 3.89. The van der Waals surface area contributed by atoms with Gasteiger partial charge in [0, 0.05) is 19.6 Å². The van der Waals surface area contributed by atoms with Crippen LogP contribution in [0, 0.1) is 5.82 Å². The Morgan fingerprint density at radius 3 is 2.86 bits per heavy atom. The number of carbonyl (C=O) groups is 1. The van der Waals surface area contributed by atoms with E-state index in [-0.39, 0.29) is 17.6 Å². The fourth-order valence-electron chi connectivity index (χ4n) is 2.60. The number of amides is 1. The van der Waals surface area contributed by atoms with Crippen molar-refractivity contribution >= 4 is 5.91 Å². The van der Waals surface area contributed by atoms with Crippen LogP contribution in [0.25, 0.3) is 0 Å². The van der Waals surface area contributed by atoms with Crippen molar-refractivity contribution < 1.29 is 19.0 Å². The highest BCUT2D eigenvalue weighted by atomic mass is 19.1. The fourth-order valence-corrected chi connectivity index (χ4v) is 2.60. The molecule has 5 nitrogen and oxygen atoms in total. The first kappa shape index (κ1) is 16.7. The third kappa shape index (κ3) is 4.68. The first-order valence-electron chi connectivity index (χ1n) is 7.62. The van der Waals surface area contributed by atoms with Gasteiger partial charge in [0.15, 0.2) is 0 Å². The number of ether oxygens (including phenoxy) is 1. The quantitative estimate of drug-likeness (QED) is 0.780. The molecule has 122 valence electrons. The molecule has 0 unspecified atom stereocenters. The molecule has 2 rings (SSSR count). The monoisotopic (exact) mass is 310 g/mol. The van der Waals surface area contributed by atoms with Crippen LogP contribution in [0.15, 0.2) is 18.2 Å². The van der Waals surface area contributed by atoms with Gasteiger partial charge in [-0.1, -0.05) is 0 Å². The minimum absolute atomic E-state index is 0.170. The molecule has 1 amide bonds. The van der Waals surface area contributed by atoms with Crippen LogP contribution in [-0.2, 0) is 0 Å². The van der Waals surface area contributed by atoms with Crippen LogP contribution >= 0.6 is 0 Å². The molecule has 0 atom stereocenters. The van der Waals surface area contributed by atoms with E-state index in [9.17, 15) is 14.3 Å². The summed E-state index contributed by atoms with van der Waals surface area (Å²) in [5.74, 6) is -0.424. The van der Waals surface area contributed by atoms with Crippen LogP contribution in [0.5, 0.6) is 5.75 Å². The minimum atomic E-state index is -0.460. The smallest absolute Gasteiger partial charge is 0.255 e. The summed E-state index contributed by atoms with van der Waals surface area (Å²) in [6.07, 6.45) is 2.27. The zero-order valence-corrected chi connectivity index (χ0v) is 12.8. The SMILES string of the molecule is COc1ccc(F)cc1C(=O)NCCCN1CCC(O)CC1. The molecular weight excluding hydrogens is 287 g/mol. The fraction of sp³-hybridized carbons (Fsp3) is 0.562. The van der Waals surface area contributed by atoms with E-state index in [1.807, 2.05) is 0 Å². The number of halogens is 1. The van der Waals surface area contributed by atoms with E-state index < -0.39 is 5.82 Å². The lowest BCUT2D eigenvalue weighted by Crippen LogP contribution is -2.37. The van der Waals surface area contributed by atoms with Gasteiger partial charge in [0.05, 0.1) is 18.8 Å². The Kier molecular flexibility index (Phi) is 6.15. The molecule has 1 aliphatic heterocycles. The molecule has 2 N–H and O–H groups in total. The van der Waals surface area contributed by atoms with Crippen molar-refractivity contribution in [3.8, 4) is 5.75 Å². The lowest BCUT2D eigenvalue weighted by Gasteiger charge is -2.29. The molecule has 0 radical (unpaired) electrons. The Balaban J connectivity index is 1.75. The van der Waals surface area contributed by atoms with Crippen LogP contribution in [0.3, 0.4) is 0 Å². The number of hydrogen-bond acceptors (Lipinski definition) is 4. The van der Waals surface area contributed by atoms with Crippen molar-refractivity contribution in [3.05, 3.63) is 29.6 Å². The van der Waals surface area contributed by atoms with E-state index in [1.165, 1.54) is 25.3 Å². The van der Waals surface area contributed by atoms with Gasteiger partial charge in [0.25, 0.3) is 5.91 Å². The molecule has 0 aliphatic carbocycles. The summed E-state index contributed by atoms with van der Waals surface area (Å²) in [5.41, 5.74) is 0.212. The highest BCUT2D eigenvalue weighted by Crippen LogP contribution is 2.19. The summed E-state index contributed by atoms with van der Waals surface area (Å²) in [7, 11) is 1.45. The zero-order valence-electron chi connectivity index (χ0n) is 12.8. The largest absolute Gasteiger partial charge is 0.496 e. The van der Waals surface area contributed by atoms with Crippen LogP contribution in [0.2, 0.25) is 0 Å². The second-order valence-corrected chi connectivity index (χ2v) is 5.53. The molecule has 0 aromatic heterocycles. The summed E-state index contributed by atoms with van der Waals surface area (Å²) < 4.78 is 18.3. The number of aliphatic hydroxyl groups is 1. The van der Waals surface area contributed by atoms with E-state index in [1.54, 1.807) is 0 Å². The summed E-state index contributed by atoms with van der Waals surface area (Å²) in [5, 5.41) is 12.2. The molecule has 1 fully saturated rings. The first-order valence-corrected chi connectivity index (χ1v) is 7.62. The van der Waals surface area contributed by atoms with Crippen LogP contribution < -0.4 is 10.1 Å². The number of likely N-dealkylation sites (tertiary alicyclic amines) is 1. The van der Waals surface area contributed by atoms with Crippen LogP contribution in [0.1, 0.15) is 29.6 Å². The van der Waals surface area contributed by atoms with Crippen molar-refractivity contribution in [2.24, 2.45) is 0 Å². The molecular formula is C16H23FN2O3. The predicted molar refractivity (Wildman–Crippen MR) is 81.6 cm³/mol. The minimum Gasteiger partial charge on any atom is -0.496 e. The van der Waals surface area contributed by atoms with Crippen molar-refractivity contribution in [2.75, 3.05) is 33.3 Å². The normalized spacial score (nSPS) is 16.5. The standard InChI is InChI=1S/C16H23FN2O3/c1-22-15-4-3-12(17)11-14(15)16(21)18-7-2-8-19-9-5-13(20)6-10-19/h3-4,11,13,20H,2,5-10H2,1H3,(H,18,21). The highest BCUT2D eigenvalue weighted by Gasteiger charge is 2.17. The molecule has 1 aromatic carbocycles. The summed E-state index contributed by atoms with van der Waals surface area (Å²) >= 11 is 0. The molecule has 0 saturated carbocycles. The number of carbonyl (C=O) groups excluding carboxylic acids is 1. The Bertz CT molecular complexity index is 502. The van der Waals surface area contributed by atoms with Gasteiger partial charge in [-0.2, -0.15) is 0 Å². The number of benzene rings is 1. The van der Waals surface area contributed by atoms with Crippen LogP contribution in [-0.4, -0.2) is 55.3 Å². The third-order valence-electron chi connectivity index (χ3n) is 3.90. The van der Waals surface area contributed by atoms with Gasteiger partial charge in [-0.05, 0) is 44.0 Å². The molecule has 1 heterocycles. The topological polar surface area (TPSA) is 61.8 Å². The van der Waals surface area contributed by atoms with Gasteiger partial charge in [0.1, 0.15) is 11.6 Å². The molecule has 1 aromatic rings. The maximum Gasteiger partial charge on any atom is 0.255 e. The average Bonchev–Trinajstić information content (AvgIpc) is 2.53. The number of hydrogen-bond donors (Lipinski definition) is 2. The van der Waals surface area contributed by atoms with Gasteiger partial charge < -0.3 is 20.1 Å². The molecule has 6 heteroatoms. The van der Waals surface area contributed by atoms with Crippen molar-refractivity contribution in [1.82, 2.24) is 10.2 Å². The molecule has 1 aliphatic rings. The molecule has 0 spiro atoms. The number of nitrogens with one attached hydrogen (secondary N) is 1. The number of aliphatic hydroxyl groups excluding tert-OH is 1. The Labute approximate surface area is 130 Å². The van der Waals surface area contributed by atoms with Crippen LogP contribution in [0.4, 0.5) is 4.39 Å². The van der Waals surface area contributed by atoms with Crippen molar-refractivity contribution in [1.29, 1.82) is 0 Å². The second kappa shape index (κ2) is 8.10. The maximum absolute atomic E-state index is 13.2. The third-order valence-corrected chi connectivity index (χ3v) is 3.90. The van der Waals surface area contributed by atoms with E-state index >= 15 is 0 Å². The number of methoxy groups -OCH3 is 1. The number of rotatable bonds is 6. The molecule has 1 saturated heterocycles. The summed E-state index contributed by atoms with van der Waals surface area (Å²) in [4.78, 5) is 14.3. The van der Waals surface area contributed by atoms with E-state index in [0.717, 1.165) is 38.9 Å². The van der Waals surface area contributed by atoms with E-state index in [0.29, 0.717) is 12.3 Å². The maximum atomic E-state index is 13.2.